The van der Waals surface area contributed by atoms with Crippen molar-refractivity contribution >= 4 is 10.0 Å². The molecule has 1 unspecified atom stereocenters. The van der Waals surface area contributed by atoms with Crippen LogP contribution in [0.1, 0.15) is 31.7 Å². The number of hydrogen-bond donors (Lipinski definition) is 1. The van der Waals surface area contributed by atoms with Crippen LogP contribution in [0.5, 0.6) is 0 Å². The lowest BCUT2D eigenvalue weighted by Gasteiger charge is -2.23. The molecule has 4 nitrogen and oxygen atoms in total. The standard InChI is InChI=1S/C15H18FNO3S/c1-2-14-6-3-9-17(14)21(19,20)15-8-7-13(16)11-12(15)5-4-10-18/h7-8,11,14,18H,2-3,6,9-10H2,1H3. The summed E-state index contributed by atoms with van der Waals surface area (Å²) < 4.78 is 40.4. The maximum atomic E-state index is 13.3. The lowest BCUT2D eigenvalue weighted by molar-refractivity contribution is 0.350. The first-order valence-electron chi connectivity index (χ1n) is 6.91. The van der Waals surface area contributed by atoms with Crippen molar-refractivity contribution in [3.8, 4) is 11.8 Å². The number of aliphatic hydroxyl groups is 1. The SMILES string of the molecule is CCC1CCCN1S(=O)(=O)c1ccc(F)cc1C#CCO. The molecular formula is C15H18FNO3S. The Labute approximate surface area is 124 Å². The van der Waals surface area contributed by atoms with Crippen LogP contribution < -0.4 is 0 Å². The van der Waals surface area contributed by atoms with Crippen molar-refractivity contribution in [2.75, 3.05) is 13.2 Å². The number of sulfonamides is 1. The molecular weight excluding hydrogens is 293 g/mol. The predicted octanol–water partition coefficient (Wildman–Crippen LogP) is 1.73. The normalized spacial score (nSPS) is 19.3. The quantitative estimate of drug-likeness (QED) is 0.865. The second-order valence-corrected chi connectivity index (χ2v) is 6.78. The lowest BCUT2D eigenvalue weighted by atomic mass is 10.2. The molecule has 1 aromatic rings. The topological polar surface area (TPSA) is 57.6 Å². The largest absolute Gasteiger partial charge is 0.384 e. The average Bonchev–Trinajstić information content (AvgIpc) is 2.94. The van der Waals surface area contributed by atoms with Gasteiger partial charge in [0, 0.05) is 18.2 Å². The Kier molecular flexibility index (Phi) is 4.99. The Hall–Kier alpha value is -1.42. The van der Waals surface area contributed by atoms with Crippen molar-refractivity contribution in [1.29, 1.82) is 0 Å². The van der Waals surface area contributed by atoms with Gasteiger partial charge in [0.2, 0.25) is 10.0 Å². The second kappa shape index (κ2) is 6.56. The smallest absolute Gasteiger partial charge is 0.244 e. The zero-order valence-electron chi connectivity index (χ0n) is 11.8. The first kappa shape index (κ1) is 16.0. The molecule has 1 heterocycles. The highest BCUT2D eigenvalue weighted by atomic mass is 32.2. The first-order valence-corrected chi connectivity index (χ1v) is 8.35. The molecule has 0 amide bonds. The van der Waals surface area contributed by atoms with Gasteiger partial charge >= 0.3 is 0 Å². The summed E-state index contributed by atoms with van der Waals surface area (Å²) in [7, 11) is -3.70. The van der Waals surface area contributed by atoms with Gasteiger partial charge < -0.3 is 5.11 Å². The van der Waals surface area contributed by atoms with Crippen LogP contribution in [0.4, 0.5) is 4.39 Å². The van der Waals surface area contributed by atoms with Gasteiger partial charge in [-0.3, -0.25) is 0 Å². The van der Waals surface area contributed by atoms with E-state index in [1.54, 1.807) is 0 Å². The summed E-state index contributed by atoms with van der Waals surface area (Å²) in [4.78, 5) is 0.00481. The van der Waals surface area contributed by atoms with E-state index in [2.05, 4.69) is 11.8 Å². The van der Waals surface area contributed by atoms with Crippen molar-refractivity contribution in [3.63, 3.8) is 0 Å². The molecule has 0 radical (unpaired) electrons. The fraction of sp³-hybridized carbons (Fsp3) is 0.467. The van der Waals surface area contributed by atoms with E-state index in [1.165, 1.54) is 10.4 Å². The minimum atomic E-state index is -3.70. The Morgan fingerprint density at radius 1 is 1.48 bits per heavy atom. The Balaban J connectivity index is 2.49. The van der Waals surface area contributed by atoms with Gasteiger partial charge in [-0.15, -0.1) is 0 Å². The molecule has 1 aliphatic heterocycles. The summed E-state index contributed by atoms with van der Waals surface area (Å²) in [6.45, 7) is 2.03. The Morgan fingerprint density at radius 3 is 2.90 bits per heavy atom. The number of benzene rings is 1. The van der Waals surface area contributed by atoms with Crippen molar-refractivity contribution in [3.05, 3.63) is 29.6 Å². The van der Waals surface area contributed by atoms with E-state index < -0.39 is 22.4 Å². The van der Waals surface area contributed by atoms with Crippen LogP contribution in [-0.2, 0) is 10.0 Å². The molecule has 114 valence electrons. The van der Waals surface area contributed by atoms with Gasteiger partial charge in [-0.1, -0.05) is 18.8 Å². The molecule has 0 aliphatic carbocycles. The van der Waals surface area contributed by atoms with E-state index in [4.69, 9.17) is 5.11 Å². The van der Waals surface area contributed by atoms with Gasteiger partial charge in [0.25, 0.3) is 0 Å². The van der Waals surface area contributed by atoms with Crippen LogP contribution in [0.2, 0.25) is 0 Å². The maximum Gasteiger partial charge on any atom is 0.244 e. The third-order valence-electron chi connectivity index (χ3n) is 3.62. The number of nitrogens with zero attached hydrogens (tertiary/aromatic N) is 1. The van der Waals surface area contributed by atoms with Gasteiger partial charge in [-0.25, -0.2) is 12.8 Å². The summed E-state index contributed by atoms with van der Waals surface area (Å²) in [5, 5.41) is 8.75. The van der Waals surface area contributed by atoms with E-state index in [0.29, 0.717) is 6.54 Å². The second-order valence-electron chi connectivity index (χ2n) is 4.92. The number of halogens is 1. The summed E-state index contributed by atoms with van der Waals surface area (Å²) in [6, 6.07) is 3.44. The molecule has 6 heteroatoms. The zero-order valence-corrected chi connectivity index (χ0v) is 12.7. The molecule has 1 N–H and O–H groups in total. The molecule has 2 rings (SSSR count). The minimum Gasteiger partial charge on any atom is -0.384 e. The maximum absolute atomic E-state index is 13.3. The van der Waals surface area contributed by atoms with Crippen LogP contribution in [0.3, 0.4) is 0 Å². The highest BCUT2D eigenvalue weighted by molar-refractivity contribution is 7.89. The van der Waals surface area contributed by atoms with Crippen LogP contribution >= 0.6 is 0 Å². The van der Waals surface area contributed by atoms with Crippen LogP contribution in [0.15, 0.2) is 23.1 Å². The summed E-state index contributed by atoms with van der Waals surface area (Å²) >= 11 is 0. The lowest BCUT2D eigenvalue weighted by Crippen LogP contribution is -2.35. The highest BCUT2D eigenvalue weighted by Crippen LogP contribution is 2.29. The molecule has 0 spiro atoms. The number of hydrogen-bond acceptors (Lipinski definition) is 3. The summed E-state index contributed by atoms with van der Waals surface area (Å²) in [5.74, 6) is 4.35. The van der Waals surface area contributed by atoms with Crippen molar-refractivity contribution in [2.24, 2.45) is 0 Å². The number of aliphatic hydroxyl groups excluding tert-OH is 1. The Morgan fingerprint density at radius 2 is 2.24 bits per heavy atom. The van der Waals surface area contributed by atoms with Gasteiger partial charge in [-0.2, -0.15) is 4.31 Å². The van der Waals surface area contributed by atoms with E-state index in [1.807, 2.05) is 6.92 Å². The molecule has 1 saturated heterocycles. The van der Waals surface area contributed by atoms with Crippen molar-refractivity contribution in [2.45, 2.75) is 37.1 Å². The first-order chi connectivity index (χ1) is 10.0. The zero-order chi connectivity index (χ0) is 15.5. The third kappa shape index (κ3) is 3.26. The average molecular weight is 311 g/mol. The van der Waals surface area contributed by atoms with E-state index in [9.17, 15) is 12.8 Å². The van der Waals surface area contributed by atoms with Crippen molar-refractivity contribution in [1.82, 2.24) is 4.31 Å². The van der Waals surface area contributed by atoms with Gasteiger partial charge in [-0.05, 0) is 37.5 Å². The van der Waals surface area contributed by atoms with Crippen molar-refractivity contribution < 1.29 is 17.9 Å². The van der Waals surface area contributed by atoms with Gasteiger partial charge in [0.1, 0.15) is 12.4 Å². The molecule has 1 atom stereocenters. The highest BCUT2D eigenvalue weighted by Gasteiger charge is 2.35. The van der Waals surface area contributed by atoms with Crippen LogP contribution in [-0.4, -0.2) is 37.0 Å². The molecule has 0 bridgehead atoms. The predicted molar refractivity (Wildman–Crippen MR) is 77.6 cm³/mol. The summed E-state index contributed by atoms with van der Waals surface area (Å²) in [6.07, 6.45) is 2.42. The number of rotatable bonds is 3. The van der Waals surface area contributed by atoms with E-state index >= 15 is 0 Å². The molecule has 1 aliphatic rings. The minimum absolute atomic E-state index is 0.00481. The fourth-order valence-electron chi connectivity index (χ4n) is 2.62. The van der Waals surface area contributed by atoms with E-state index in [-0.39, 0.29) is 16.5 Å². The monoisotopic (exact) mass is 311 g/mol. The third-order valence-corrected chi connectivity index (χ3v) is 5.63. The fourth-order valence-corrected chi connectivity index (χ4v) is 4.52. The van der Waals surface area contributed by atoms with Crippen LogP contribution in [0.25, 0.3) is 0 Å². The molecule has 1 fully saturated rings. The Bertz CT molecular complexity index is 676. The van der Waals surface area contributed by atoms with Gasteiger partial charge in [0.05, 0.1) is 4.90 Å². The summed E-state index contributed by atoms with van der Waals surface area (Å²) in [5.41, 5.74) is 0.0887. The molecule has 1 aromatic carbocycles. The molecule has 21 heavy (non-hydrogen) atoms. The molecule has 0 aromatic heterocycles. The van der Waals surface area contributed by atoms with E-state index in [0.717, 1.165) is 31.4 Å². The molecule has 0 saturated carbocycles. The van der Waals surface area contributed by atoms with Gasteiger partial charge in [0.15, 0.2) is 0 Å². The van der Waals surface area contributed by atoms with Crippen LogP contribution in [0, 0.1) is 17.7 Å².